The Balaban J connectivity index is 2.52. The fraction of sp³-hybridized carbons (Fsp3) is 0.375. The van der Waals surface area contributed by atoms with E-state index in [0.29, 0.717) is 5.69 Å². The summed E-state index contributed by atoms with van der Waals surface area (Å²) in [5, 5.41) is 6.67. The fourth-order valence-electron chi connectivity index (χ4n) is 1.55. The van der Waals surface area contributed by atoms with Gasteiger partial charge in [-0.25, -0.2) is 14.4 Å². The summed E-state index contributed by atoms with van der Waals surface area (Å²) in [4.78, 5) is 45.7. The number of rotatable bonds is 4. The average Bonchev–Trinajstić information content (AvgIpc) is 2.51. The Morgan fingerprint density at radius 2 is 1.64 bits per heavy atom. The first-order valence-electron chi connectivity index (χ1n) is 7.39. The van der Waals surface area contributed by atoms with Gasteiger partial charge in [0, 0.05) is 12.7 Å². The van der Waals surface area contributed by atoms with E-state index in [1.54, 1.807) is 20.8 Å². The van der Waals surface area contributed by atoms with Gasteiger partial charge in [-0.3, -0.25) is 15.4 Å². The fourth-order valence-corrected chi connectivity index (χ4v) is 1.55. The molecular formula is C16H21N3O6. The number of ether oxygens (including phenoxy) is 2. The van der Waals surface area contributed by atoms with Gasteiger partial charge < -0.3 is 14.8 Å². The summed E-state index contributed by atoms with van der Waals surface area (Å²) in [6.45, 7) is 4.63. The van der Waals surface area contributed by atoms with Crippen molar-refractivity contribution >= 4 is 29.7 Å². The number of anilines is 1. The van der Waals surface area contributed by atoms with Crippen LogP contribution >= 0.6 is 0 Å². The van der Waals surface area contributed by atoms with Crippen molar-refractivity contribution in [2.24, 2.45) is 0 Å². The molecule has 0 aliphatic rings. The molecule has 1 aromatic carbocycles. The van der Waals surface area contributed by atoms with E-state index in [4.69, 9.17) is 9.47 Å². The smallest absolute Gasteiger partial charge is 0.412 e. The Morgan fingerprint density at radius 1 is 1.04 bits per heavy atom. The Hall–Kier alpha value is -3.10. The highest BCUT2D eigenvalue weighted by Crippen LogP contribution is 2.13. The van der Waals surface area contributed by atoms with Gasteiger partial charge in [0.15, 0.2) is 6.61 Å². The van der Waals surface area contributed by atoms with Gasteiger partial charge in [-0.2, -0.15) is 0 Å². The predicted octanol–water partition coefficient (Wildman–Crippen LogP) is 1.65. The van der Waals surface area contributed by atoms with Crippen molar-refractivity contribution < 1.29 is 28.7 Å². The van der Waals surface area contributed by atoms with Crippen LogP contribution in [0.25, 0.3) is 0 Å². The maximum Gasteiger partial charge on any atom is 0.412 e. The van der Waals surface area contributed by atoms with Crippen molar-refractivity contribution in [2.45, 2.75) is 26.4 Å². The molecule has 0 aliphatic heterocycles. The summed E-state index contributed by atoms with van der Waals surface area (Å²) in [6.07, 6.45) is -0.617. The van der Waals surface area contributed by atoms with Gasteiger partial charge in [0.25, 0.3) is 5.91 Å². The highest BCUT2D eigenvalue weighted by molar-refractivity contribution is 5.97. The van der Waals surface area contributed by atoms with Gasteiger partial charge in [-0.05, 0) is 45.0 Å². The molecule has 1 rings (SSSR count). The Kier molecular flexibility index (Phi) is 6.92. The van der Waals surface area contributed by atoms with Gasteiger partial charge in [-0.15, -0.1) is 0 Å². The molecule has 9 heteroatoms. The van der Waals surface area contributed by atoms with Crippen LogP contribution in [0.5, 0.6) is 0 Å². The highest BCUT2D eigenvalue weighted by Gasteiger charge is 2.16. The maximum atomic E-state index is 11.8. The van der Waals surface area contributed by atoms with E-state index >= 15 is 0 Å². The molecule has 4 amide bonds. The normalized spacial score (nSPS) is 10.4. The number of imide groups is 1. The number of carbonyl (C=O) groups excluding carboxylic acids is 4. The Bertz CT molecular complexity index is 649. The van der Waals surface area contributed by atoms with Crippen molar-refractivity contribution in [1.82, 2.24) is 10.6 Å². The molecule has 0 bridgehead atoms. The van der Waals surface area contributed by atoms with Crippen molar-refractivity contribution in [3.63, 3.8) is 0 Å². The van der Waals surface area contributed by atoms with Gasteiger partial charge >= 0.3 is 18.1 Å². The number of nitrogens with one attached hydrogen (secondary N) is 3. The molecule has 0 heterocycles. The summed E-state index contributed by atoms with van der Waals surface area (Å²) >= 11 is 0. The van der Waals surface area contributed by atoms with E-state index in [1.807, 2.05) is 5.32 Å². The van der Waals surface area contributed by atoms with E-state index in [0.717, 1.165) is 0 Å². The third-order valence-electron chi connectivity index (χ3n) is 2.58. The molecule has 1 aromatic rings. The zero-order valence-electron chi connectivity index (χ0n) is 14.5. The topological polar surface area (TPSA) is 123 Å². The summed E-state index contributed by atoms with van der Waals surface area (Å²) in [5.41, 5.74) is -0.00561. The van der Waals surface area contributed by atoms with Crippen LogP contribution in [0.2, 0.25) is 0 Å². The van der Waals surface area contributed by atoms with E-state index in [9.17, 15) is 19.2 Å². The molecule has 136 valence electrons. The minimum Gasteiger partial charge on any atom is -0.452 e. The van der Waals surface area contributed by atoms with Gasteiger partial charge in [0.1, 0.15) is 5.60 Å². The molecule has 0 saturated carbocycles. The Labute approximate surface area is 145 Å². The predicted molar refractivity (Wildman–Crippen MR) is 89.2 cm³/mol. The number of hydrogen-bond acceptors (Lipinski definition) is 6. The van der Waals surface area contributed by atoms with Gasteiger partial charge in [0.05, 0.1) is 5.56 Å². The Morgan fingerprint density at radius 3 is 2.16 bits per heavy atom. The van der Waals surface area contributed by atoms with Crippen LogP contribution in [-0.2, 0) is 14.3 Å². The van der Waals surface area contributed by atoms with Crippen LogP contribution in [0.15, 0.2) is 24.3 Å². The zero-order valence-corrected chi connectivity index (χ0v) is 14.5. The molecule has 0 aliphatic carbocycles. The van der Waals surface area contributed by atoms with E-state index in [2.05, 4.69) is 10.6 Å². The van der Waals surface area contributed by atoms with Crippen molar-refractivity contribution in [3.8, 4) is 0 Å². The van der Waals surface area contributed by atoms with Crippen LogP contribution in [0.4, 0.5) is 15.3 Å². The zero-order chi connectivity index (χ0) is 19.0. The summed E-state index contributed by atoms with van der Waals surface area (Å²) in [5.74, 6) is -1.49. The summed E-state index contributed by atoms with van der Waals surface area (Å²) < 4.78 is 9.89. The van der Waals surface area contributed by atoms with Crippen LogP contribution < -0.4 is 16.0 Å². The van der Waals surface area contributed by atoms with E-state index in [-0.39, 0.29) is 5.56 Å². The lowest BCUT2D eigenvalue weighted by molar-refractivity contribution is -0.123. The van der Waals surface area contributed by atoms with Crippen molar-refractivity contribution in [2.75, 3.05) is 19.0 Å². The van der Waals surface area contributed by atoms with Crippen molar-refractivity contribution in [1.29, 1.82) is 0 Å². The molecule has 0 fully saturated rings. The molecule has 0 unspecified atom stereocenters. The SMILES string of the molecule is CNC(=O)NC(=O)COC(=O)c1ccc(NC(=O)OC(C)(C)C)cc1. The van der Waals surface area contributed by atoms with E-state index < -0.39 is 36.2 Å². The van der Waals surface area contributed by atoms with Crippen LogP contribution in [0, 0.1) is 0 Å². The molecule has 0 aromatic heterocycles. The molecule has 25 heavy (non-hydrogen) atoms. The average molecular weight is 351 g/mol. The quantitative estimate of drug-likeness (QED) is 0.709. The summed E-state index contributed by atoms with van der Waals surface area (Å²) in [7, 11) is 1.35. The first-order valence-corrected chi connectivity index (χ1v) is 7.39. The molecule has 9 nitrogen and oxygen atoms in total. The number of esters is 1. The lowest BCUT2D eigenvalue weighted by Crippen LogP contribution is -2.39. The molecular weight excluding hydrogens is 330 g/mol. The molecule has 0 radical (unpaired) electrons. The first-order chi connectivity index (χ1) is 11.6. The molecule has 0 spiro atoms. The van der Waals surface area contributed by atoms with Crippen LogP contribution in [-0.4, -0.2) is 43.3 Å². The van der Waals surface area contributed by atoms with Gasteiger partial charge in [0.2, 0.25) is 0 Å². The number of hydrogen-bond donors (Lipinski definition) is 3. The molecule has 0 saturated heterocycles. The third kappa shape index (κ3) is 7.82. The first kappa shape index (κ1) is 19.9. The largest absolute Gasteiger partial charge is 0.452 e. The second-order valence-electron chi connectivity index (χ2n) is 5.91. The number of carbonyl (C=O) groups is 4. The number of urea groups is 1. The summed E-state index contributed by atoms with van der Waals surface area (Å²) in [6, 6.07) is 5.13. The maximum absolute atomic E-state index is 11.8. The standard InChI is InChI=1S/C16H21N3O6/c1-16(2,3)25-15(23)18-11-7-5-10(6-8-11)13(21)24-9-12(20)19-14(22)17-4/h5-8H,9H2,1-4H3,(H,18,23)(H2,17,19,20,22). The number of amides is 4. The monoisotopic (exact) mass is 351 g/mol. The van der Waals surface area contributed by atoms with Crippen LogP contribution in [0.1, 0.15) is 31.1 Å². The van der Waals surface area contributed by atoms with E-state index in [1.165, 1.54) is 31.3 Å². The molecule has 3 N–H and O–H groups in total. The van der Waals surface area contributed by atoms with Crippen LogP contribution in [0.3, 0.4) is 0 Å². The number of benzene rings is 1. The lowest BCUT2D eigenvalue weighted by atomic mass is 10.2. The highest BCUT2D eigenvalue weighted by atomic mass is 16.6. The van der Waals surface area contributed by atoms with Gasteiger partial charge in [-0.1, -0.05) is 0 Å². The van der Waals surface area contributed by atoms with Crippen molar-refractivity contribution in [3.05, 3.63) is 29.8 Å². The minimum atomic E-state index is -0.754. The third-order valence-corrected chi connectivity index (χ3v) is 2.58. The molecule has 0 atom stereocenters. The minimum absolute atomic E-state index is 0.183. The second-order valence-corrected chi connectivity index (χ2v) is 5.91. The lowest BCUT2D eigenvalue weighted by Gasteiger charge is -2.19. The second kappa shape index (κ2) is 8.67.